The maximum atomic E-state index is 12.0. The van der Waals surface area contributed by atoms with Crippen molar-refractivity contribution in [3.63, 3.8) is 0 Å². The summed E-state index contributed by atoms with van der Waals surface area (Å²) in [4.78, 5) is 23.3. The molecular formula is C16H22Cl2N2O4. The van der Waals surface area contributed by atoms with Gasteiger partial charge >= 0.3 is 5.97 Å². The van der Waals surface area contributed by atoms with Gasteiger partial charge in [-0.2, -0.15) is 0 Å². The van der Waals surface area contributed by atoms with E-state index < -0.39 is 17.9 Å². The van der Waals surface area contributed by atoms with Gasteiger partial charge in [0.2, 0.25) is 5.91 Å². The van der Waals surface area contributed by atoms with Crippen LogP contribution in [0.4, 0.5) is 5.69 Å². The molecule has 1 aromatic carbocycles. The van der Waals surface area contributed by atoms with E-state index in [9.17, 15) is 14.7 Å². The third kappa shape index (κ3) is 7.49. The number of nitrogens with one attached hydrogen (secondary N) is 2. The van der Waals surface area contributed by atoms with Gasteiger partial charge in [0.25, 0.3) is 0 Å². The largest absolute Gasteiger partial charge is 0.480 e. The van der Waals surface area contributed by atoms with Crippen LogP contribution in [0.5, 0.6) is 0 Å². The van der Waals surface area contributed by atoms with E-state index in [4.69, 9.17) is 27.9 Å². The second-order valence-electron chi connectivity index (χ2n) is 5.47. The summed E-state index contributed by atoms with van der Waals surface area (Å²) in [5.74, 6) is -1.55. The van der Waals surface area contributed by atoms with E-state index in [-0.39, 0.29) is 17.5 Å². The topological polar surface area (TPSA) is 87.7 Å². The first-order chi connectivity index (χ1) is 11.3. The van der Waals surface area contributed by atoms with Crippen molar-refractivity contribution in [1.82, 2.24) is 5.32 Å². The molecule has 0 aliphatic rings. The van der Waals surface area contributed by atoms with E-state index in [1.807, 2.05) is 13.8 Å². The zero-order chi connectivity index (χ0) is 18.1. The van der Waals surface area contributed by atoms with Crippen molar-refractivity contribution >= 4 is 40.8 Å². The van der Waals surface area contributed by atoms with Gasteiger partial charge in [0, 0.05) is 6.61 Å². The number of halogens is 2. The van der Waals surface area contributed by atoms with Gasteiger partial charge in [-0.3, -0.25) is 9.59 Å². The van der Waals surface area contributed by atoms with Crippen molar-refractivity contribution in [3.8, 4) is 0 Å². The third-order valence-corrected chi connectivity index (χ3v) is 3.90. The van der Waals surface area contributed by atoms with Crippen molar-refractivity contribution in [2.75, 3.05) is 18.5 Å². The number of hydrogen-bond acceptors (Lipinski definition) is 4. The average Bonchev–Trinajstić information content (AvgIpc) is 2.50. The summed E-state index contributed by atoms with van der Waals surface area (Å²) in [7, 11) is 0. The molecular weight excluding hydrogens is 355 g/mol. The lowest BCUT2D eigenvalue weighted by Gasteiger charge is -2.15. The van der Waals surface area contributed by atoms with Gasteiger partial charge in [-0.05, 0) is 38.9 Å². The van der Waals surface area contributed by atoms with Crippen LogP contribution in [-0.4, -0.2) is 42.3 Å². The van der Waals surface area contributed by atoms with Crippen molar-refractivity contribution in [3.05, 3.63) is 28.2 Å². The average molecular weight is 377 g/mol. The smallest absolute Gasteiger partial charge is 0.321 e. The Bertz CT molecular complexity index is 567. The first kappa shape index (κ1) is 20.7. The normalized spacial score (nSPS) is 12.2. The fraction of sp³-hybridized carbons (Fsp3) is 0.500. The highest BCUT2D eigenvalue weighted by Crippen LogP contribution is 2.29. The molecule has 0 radical (unpaired) electrons. The second-order valence-corrected chi connectivity index (χ2v) is 6.26. The molecule has 1 atom stereocenters. The molecule has 0 saturated carbocycles. The Kier molecular flexibility index (Phi) is 9.07. The molecule has 0 bridgehead atoms. The van der Waals surface area contributed by atoms with E-state index >= 15 is 0 Å². The zero-order valence-electron chi connectivity index (χ0n) is 13.6. The molecule has 0 spiro atoms. The minimum Gasteiger partial charge on any atom is -0.480 e. The lowest BCUT2D eigenvalue weighted by atomic mass is 10.2. The van der Waals surface area contributed by atoms with Crippen LogP contribution in [-0.2, 0) is 14.3 Å². The van der Waals surface area contributed by atoms with Gasteiger partial charge in [-0.1, -0.05) is 29.3 Å². The number of carbonyl (C=O) groups excluding carboxylic acids is 1. The molecule has 1 amide bonds. The van der Waals surface area contributed by atoms with Gasteiger partial charge in [0.1, 0.15) is 6.04 Å². The first-order valence-electron chi connectivity index (χ1n) is 7.63. The van der Waals surface area contributed by atoms with Crippen LogP contribution < -0.4 is 10.6 Å². The van der Waals surface area contributed by atoms with E-state index in [2.05, 4.69) is 10.6 Å². The number of aliphatic carboxylic acids is 1. The molecule has 0 saturated heterocycles. The number of carbonyl (C=O) groups is 2. The molecule has 0 fully saturated rings. The van der Waals surface area contributed by atoms with Crippen molar-refractivity contribution in [2.45, 2.75) is 38.8 Å². The predicted molar refractivity (Wildman–Crippen MR) is 94.8 cm³/mol. The molecule has 8 heteroatoms. The van der Waals surface area contributed by atoms with Gasteiger partial charge in [0.15, 0.2) is 0 Å². The molecule has 3 N–H and O–H groups in total. The molecule has 1 rings (SSSR count). The Labute approximate surface area is 151 Å². The summed E-state index contributed by atoms with van der Waals surface area (Å²) in [5.41, 5.74) is 0.351. The number of anilines is 1. The highest BCUT2D eigenvalue weighted by molar-refractivity contribution is 6.43. The molecule has 0 aromatic heterocycles. The van der Waals surface area contributed by atoms with E-state index in [1.165, 1.54) is 0 Å². The number of hydrogen-bond donors (Lipinski definition) is 3. The minimum atomic E-state index is -1.09. The van der Waals surface area contributed by atoms with Crippen molar-refractivity contribution in [1.29, 1.82) is 0 Å². The Balaban J connectivity index is 2.48. The Morgan fingerprint density at radius 2 is 2.00 bits per heavy atom. The number of benzene rings is 1. The molecule has 134 valence electrons. The number of ether oxygens (including phenoxy) is 1. The number of amides is 1. The van der Waals surface area contributed by atoms with Crippen LogP contribution >= 0.6 is 23.2 Å². The Morgan fingerprint density at radius 3 is 2.62 bits per heavy atom. The lowest BCUT2D eigenvalue weighted by Crippen LogP contribution is -2.40. The Hall–Kier alpha value is -1.34. The fourth-order valence-corrected chi connectivity index (χ4v) is 2.25. The van der Waals surface area contributed by atoms with E-state index in [0.717, 1.165) is 0 Å². The maximum absolute atomic E-state index is 12.0. The quantitative estimate of drug-likeness (QED) is 0.545. The van der Waals surface area contributed by atoms with Crippen LogP contribution in [0.3, 0.4) is 0 Å². The summed E-state index contributed by atoms with van der Waals surface area (Å²) in [5, 5.41) is 15.1. The molecule has 0 aliphatic carbocycles. The van der Waals surface area contributed by atoms with Crippen LogP contribution in [0, 0.1) is 0 Å². The van der Waals surface area contributed by atoms with Crippen LogP contribution in [0.2, 0.25) is 10.0 Å². The monoisotopic (exact) mass is 376 g/mol. The van der Waals surface area contributed by atoms with Crippen LogP contribution in [0.15, 0.2) is 18.2 Å². The molecule has 1 aromatic rings. The van der Waals surface area contributed by atoms with Crippen LogP contribution in [0.25, 0.3) is 0 Å². The van der Waals surface area contributed by atoms with E-state index in [0.29, 0.717) is 30.3 Å². The molecule has 0 heterocycles. The first-order valence-corrected chi connectivity index (χ1v) is 8.38. The number of carboxylic acids is 1. The van der Waals surface area contributed by atoms with Gasteiger partial charge in [-0.25, -0.2) is 0 Å². The number of carboxylic acid groups (broad SMARTS) is 1. The highest BCUT2D eigenvalue weighted by atomic mass is 35.5. The van der Waals surface area contributed by atoms with Gasteiger partial charge in [-0.15, -0.1) is 0 Å². The lowest BCUT2D eigenvalue weighted by molar-refractivity contribution is -0.141. The summed E-state index contributed by atoms with van der Waals surface area (Å²) >= 11 is 11.9. The van der Waals surface area contributed by atoms with E-state index in [1.54, 1.807) is 18.2 Å². The van der Waals surface area contributed by atoms with Gasteiger partial charge < -0.3 is 20.5 Å². The maximum Gasteiger partial charge on any atom is 0.321 e. The summed E-state index contributed by atoms with van der Waals surface area (Å²) < 4.78 is 5.37. The fourth-order valence-electron chi connectivity index (χ4n) is 1.90. The summed E-state index contributed by atoms with van der Waals surface area (Å²) in [6.45, 7) is 4.83. The minimum absolute atomic E-state index is 0.133. The Morgan fingerprint density at radius 1 is 1.29 bits per heavy atom. The highest BCUT2D eigenvalue weighted by Gasteiger charge is 2.21. The predicted octanol–water partition coefficient (Wildman–Crippen LogP) is 3.18. The standard InChI is InChI=1S/C16H22Cl2N2O4/c1-10(2)24-8-4-7-19-13(16(22)23)9-14(21)20-12-6-3-5-11(17)15(12)18/h3,5-6,10,13,19H,4,7-9H2,1-2H3,(H,20,21)(H,22,23). The second kappa shape index (κ2) is 10.5. The van der Waals surface area contributed by atoms with Crippen molar-refractivity contribution < 1.29 is 19.4 Å². The van der Waals surface area contributed by atoms with Crippen LogP contribution in [0.1, 0.15) is 26.7 Å². The molecule has 6 nitrogen and oxygen atoms in total. The third-order valence-electron chi connectivity index (χ3n) is 3.08. The molecule has 24 heavy (non-hydrogen) atoms. The summed E-state index contributed by atoms with van der Waals surface area (Å²) in [6.07, 6.45) is 0.570. The molecule has 1 unspecified atom stereocenters. The number of rotatable bonds is 10. The molecule has 0 aliphatic heterocycles. The van der Waals surface area contributed by atoms with Crippen molar-refractivity contribution in [2.24, 2.45) is 0 Å². The summed E-state index contributed by atoms with van der Waals surface area (Å²) in [6, 6.07) is 3.85. The zero-order valence-corrected chi connectivity index (χ0v) is 15.2. The van der Waals surface area contributed by atoms with Gasteiger partial charge in [0.05, 0.1) is 28.3 Å². The SMILES string of the molecule is CC(C)OCCCNC(CC(=O)Nc1cccc(Cl)c1Cl)C(=O)O.